The van der Waals surface area contributed by atoms with Crippen molar-refractivity contribution in [2.45, 2.75) is 39.5 Å². The molecule has 0 spiro atoms. The Morgan fingerprint density at radius 1 is 1.18 bits per heavy atom. The Kier molecular flexibility index (Phi) is 7.49. The number of hydrogen-bond acceptors (Lipinski definition) is 5. The minimum absolute atomic E-state index is 0.0897. The van der Waals surface area contributed by atoms with Crippen molar-refractivity contribution < 1.29 is 14.3 Å². The van der Waals surface area contributed by atoms with Crippen molar-refractivity contribution in [1.82, 2.24) is 20.0 Å². The lowest BCUT2D eigenvalue weighted by Crippen LogP contribution is -2.29. The zero-order chi connectivity index (χ0) is 24.1. The van der Waals surface area contributed by atoms with Gasteiger partial charge in [0.05, 0.1) is 17.9 Å². The third-order valence-electron chi connectivity index (χ3n) is 6.10. The standard InChI is InChI=1S/C26H33N5O3/c1-18-10-11-20(17-33-4)14-21(18)15-27-26(32)28-24-19(2)25(34-23-12-13-30(3)16-23)29-31(24)22-8-6-5-7-9-22/h5-11,14,23H,12-13,15-17H2,1-4H3,(H2,27,28,32)/t23-/m1/s1. The van der Waals surface area contributed by atoms with Crippen LogP contribution in [0, 0.1) is 13.8 Å². The molecule has 4 rings (SSSR count). The predicted octanol–water partition coefficient (Wildman–Crippen LogP) is 4.04. The zero-order valence-electron chi connectivity index (χ0n) is 20.3. The Balaban J connectivity index is 1.52. The summed E-state index contributed by atoms with van der Waals surface area (Å²) in [4.78, 5) is 15.1. The van der Waals surface area contributed by atoms with E-state index in [0.29, 0.717) is 24.8 Å². The van der Waals surface area contributed by atoms with Crippen molar-refractivity contribution in [2.24, 2.45) is 0 Å². The van der Waals surface area contributed by atoms with Crippen LogP contribution in [0.4, 0.5) is 10.6 Å². The van der Waals surface area contributed by atoms with Crippen LogP contribution in [0.3, 0.4) is 0 Å². The van der Waals surface area contributed by atoms with Gasteiger partial charge in [-0.1, -0.05) is 36.4 Å². The summed E-state index contributed by atoms with van der Waals surface area (Å²) in [7, 11) is 3.76. The molecule has 1 aliphatic rings. The maximum Gasteiger partial charge on any atom is 0.320 e. The van der Waals surface area contributed by atoms with Crippen LogP contribution in [0.25, 0.3) is 5.69 Å². The van der Waals surface area contributed by atoms with Crippen molar-refractivity contribution in [2.75, 3.05) is 32.6 Å². The Hall–Kier alpha value is -3.36. The van der Waals surface area contributed by atoms with Crippen molar-refractivity contribution >= 4 is 11.8 Å². The molecule has 180 valence electrons. The molecule has 0 unspecified atom stereocenters. The van der Waals surface area contributed by atoms with Gasteiger partial charge in [-0.3, -0.25) is 5.32 Å². The molecule has 1 atom stereocenters. The molecule has 2 heterocycles. The number of methoxy groups -OCH3 is 1. The Bertz CT molecular complexity index is 1130. The molecule has 1 fully saturated rings. The number of carbonyl (C=O) groups excluding carboxylic acids is 1. The fraction of sp³-hybridized carbons (Fsp3) is 0.385. The van der Waals surface area contributed by atoms with Gasteiger partial charge in [0.1, 0.15) is 11.9 Å². The van der Waals surface area contributed by atoms with Gasteiger partial charge in [0.2, 0.25) is 5.88 Å². The molecule has 0 bridgehead atoms. The van der Waals surface area contributed by atoms with Crippen LogP contribution in [-0.2, 0) is 17.9 Å². The first-order chi connectivity index (χ1) is 16.4. The predicted molar refractivity (Wildman–Crippen MR) is 133 cm³/mol. The summed E-state index contributed by atoms with van der Waals surface area (Å²) in [5.74, 6) is 1.14. The number of hydrogen-bond donors (Lipinski definition) is 2. The van der Waals surface area contributed by atoms with E-state index in [1.807, 2.05) is 56.3 Å². The van der Waals surface area contributed by atoms with Crippen LogP contribution in [0.1, 0.15) is 28.7 Å². The third kappa shape index (κ3) is 5.58. The van der Waals surface area contributed by atoms with Crippen molar-refractivity contribution in [3.8, 4) is 11.6 Å². The van der Waals surface area contributed by atoms with E-state index < -0.39 is 0 Å². The van der Waals surface area contributed by atoms with Crippen LogP contribution in [0.15, 0.2) is 48.5 Å². The van der Waals surface area contributed by atoms with Gasteiger partial charge in [-0.2, -0.15) is 0 Å². The molecule has 0 radical (unpaired) electrons. The average molecular weight is 464 g/mol. The van der Waals surface area contributed by atoms with E-state index in [-0.39, 0.29) is 12.1 Å². The van der Waals surface area contributed by atoms with Gasteiger partial charge >= 0.3 is 6.03 Å². The second-order valence-electron chi connectivity index (χ2n) is 8.82. The molecule has 1 saturated heterocycles. The first-order valence-corrected chi connectivity index (χ1v) is 11.6. The maximum atomic E-state index is 12.9. The molecule has 2 N–H and O–H groups in total. The topological polar surface area (TPSA) is 80.7 Å². The van der Waals surface area contributed by atoms with Crippen LogP contribution in [-0.4, -0.2) is 54.1 Å². The van der Waals surface area contributed by atoms with E-state index in [1.165, 1.54) is 0 Å². The van der Waals surface area contributed by atoms with Gasteiger partial charge in [0.25, 0.3) is 0 Å². The molecule has 34 heavy (non-hydrogen) atoms. The number of anilines is 1. The molecule has 1 aromatic heterocycles. The molecule has 8 nitrogen and oxygen atoms in total. The first-order valence-electron chi connectivity index (χ1n) is 11.6. The second kappa shape index (κ2) is 10.7. The molecule has 8 heteroatoms. The second-order valence-corrected chi connectivity index (χ2v) is 8.82. The molecule has 0 saturated carbocycles. The fourth-order valence-electron chi connectivity index (χ4n) is 4.14. The number of aromatic nitrogens is 2. The fourth-order valence-corrected chi connectivity index (χ4v) is 4.14. The number of likely N-dealkylation sites (tertiary alicyclic amines) is 1. The number of ether oxygens (including phenoxy) is 2. The number of nitrogens with zero attached hydrogens (tertiary/aromatic N) is 3. The lowest BCUT2D eigenvalue weighted by atomic mass is 10.1. The number of nitrogens with one attached hydrogen (secondary N) is 2. The number of likely N-dealkylation sites (N-methyl/N-ethyl adjacent to an activating group) is 1. The molecule has 2 amide bonds. The van der Waals surface area contributed by atoms with E-state index in [2.05, 4.69) is 28.6 Å². The first kappa shape index (κ1) is 23.8. The van der Waals surface area contributed by atoms with Crippen LogP contribution < -0.4 is 15.4 Å². The normalized spacial score (nSPS) is 15.9. The summed E-state index contributed by atoms with van der Waals surface area (Å²) in [5.41, 5.74) is 4.88. The van der Waals surface area contributed by atoms with Gasteiger partial charge in [0.15, 0.2) is 0 Å². The molecule has 1 aliphatic heterocycles. The number of amides is 2. The lowest BCUT2D eigenvalue weighted by molar-refractivity contribution is 0.185. The molecule has 2 aromatic carbocycles. The smallest absolute Gasteiger partial charge is 0.320 e. The number of para-hydroxylation sites is 1. The highest BCUT2D eigenvalue weighted by Crippen LogP contribution is 2.30. The minimum Gasteiger partial charge on any atom is -0.472 e. The molecular formula is C26H33N5O3. The summed E-state index contributed by atoms with van der Waals surface area (Å²) in [5, 5.41) is 10.7. The highest BCUT2D eigenvalue weighted by atomic mass is 16.5. The summed E-state index contributed by atoms with van der Waals surface area (Å²) in [6, 6.07) is 15.6. The van der Waals surface area contributed by atoms with E-state index in [4.69, 9.17) is 14.6 Å². The number of urea groups is 1. The number of benzene rings is 2. The highest BCUT2D eigenvalue weighted by molar-refractivity contribution is 5.89. The molecule has 0 aliphatic carbocycles. The number of carbonyl (C=O) groups is 1. The van der Waals surface area contributed by atoms with Gasteiger partial charge in [-0.05, 0) is 56.1 Å². The summed E-state index contributed by atoms with van der Waals surface area (Å²) >= 11 is 0. The van der Waals surface area contributed by atoms with E-state index in [9.17, 15) is 4.79 Å². The molecular weight excluding hydrogens is 430 g/mol. The van der Waals surface area contributed by atoms with Gasteiger partial charge in [-0.25, -0.2) is 9.48 Å². The van der Waals surface area contributed by atoms with E-state index in [0.717, 1.165) is 47.5 Å². The van der Waals surface area contributed by atoms with E-state index >= 15 is 0 Å². The van der Waals surface area contributed by atoms with Crippen molar-refractivity contribution in [1.29, 1.82) is 0 Å². The monoisotopic (exact) mass is 463 g/mol. The van der Waals surface area contributed by atoms with Gasteiger partial charge in [0, 0.05) is 26.7 Å². The Labute approximate surface area is 200 Å². The Morgan fingerprint density at radius 3 is 2.68 bits per heavy atom. The summed E-state index contributed by atoms with van der Waals surface area (Å²) in [6.45, 7) is 6.77. The quantitative estimate of drug-likeness (QED) is 0.527. The third-order valence-corrected chi connectivity index (χ3v) is 6.10. The van der Waals surface area contributed by atoms with Crippen LogP contribution >= 0.6 is 0 Å². The molecule has 3 aromatic rings. The minimum atomic E-state index is -0.302. The van der Waals surface area contributed by atoms with Gasteiger partial charge < -0.3 is 19.7 Å². The summed E-state index contributed by atoms with van der Waals surface area (Å²) in [6.07, 6.45) is 1.05. The number of rotatable bonds is 8. The van der Waals surface area contributed by atoms with Crippen molar-refractivity contribution in [3.05, 3.63) is 70.8 Å². The zero-order valence-corrected chi connectivity index (χ0v) is 20.3. The largest absolute Gasteiger partial charge is 0.472 e. The highest BCUT2D eigenvalue weighted by Gasteiger charge is 2.25. The average Bonchev–Trinajstić information content (AvgIpc) is 3.38. The van der Waals surface area contributed by atoms with Crippen LogP contribution in [0.5, 0.6) is 5.88 Å². The maximum absolute atomic E-state index is 12.9. The van der Waals surface area contributed by atoms with E-state index in [1.54, 1.807) is 11.8 Å². The summed E-state index contributed by atoms with van der Waals surface area (Å²) < 4.78 is 13.2. The lowest BCUT2D eigenvalue weighted by Gasteiger charge is -2.13. The van der Waals surface area contributed by atoms with Crippen LogP contribution in [0.2, 0.25) is 0 Å². The Morgan fingerprint density at radius 2 is 1.97 bits per heavy atom. The number of aryl methyl sites for hydroxylation is 1. The van der Waals surface area contributed by atoms with Gasteiger partial charge in [-0.15, -0.1) is 5.10 Å². The SMILES string of the molecule is COCc1ccc(C)c(CNC(=O)Nc2c(C)c(O[C@@H]3CCN(C)C3)nn2-c2ccccc2)c1. The van der Waals surface area contributed by atoms with Crippen molar-refractivity contribution in [3.63, 3.8) is 0 Å².